The minimum atomic E-state index is -0.435. The Morgan fingerprint density at radius 1 is 0.708 bits per heavy atom. The summed E-state index contributed by atoms with van der Waals surface area (Å²) in [5, 5.41) is 0. The van der Waals surface area contributed by atoms with E-state index in [1.807, 2.05) is 18.2 Å². The van der Waals surface area contributed by atoms with Crippen LogP contribution in [0.4, 0.5) is 0 Å². The summed E-state index contributed by atoms with van der Waals surface area (Å²) >= 11 is 0. The van der Waals surface area contributed by atoms with Crippen molar-refractivity contribution in [2.24, 2.45) is 0 Å². The van der Waals surface area contributed by atoms with Crippen molar-refractivity contribution < 1.29 is 4.79 Å². The van der Waals surface area contributed by atoms with Gasteiger partial charge in [0.15, 0.2) is 0 Å². The lowest BCUT2D eigenvalue weighted by Gasteiger charge is -2.38. The van der Waals surface area contributed by atoms with Crippen LogP contribution in [-0.2, 0) is 10.3 Å². The van der Waals surface area contributed by atoms with E-state index in [4.69, 9.17) is 0 Å². The van der Waals surface area contributed by atoms with Gasteiger partial charge in [0.05, 0.1) is 11.6 Å². The second-order valence-corrected chi connectivity index (χ2v) is 6.16. The summed E-state index contributed by atoms with van der Waals surface area (Å²) in [6, 6.07) is 31.4. The molecule has 2 heteroatoms. The first kappa shape index (κ1) is 14.9. The van der Waals surface area contributed by atoms with Crippen LogP contribution >= 0.6 is 0 Å². The minimum Gasteiger partial charge on any atom is -0.302 e. The van der Waals surface area contributed by atoms with Gasteiger partial charge in [-0.2, -0.15) is 0 Å². The fraction of sp³-hybridized carbons (Fsp3) is 0.136. The van der Waals surface area contributed by atoms with Crippen molar-refractivity contribution in [1.82, 2.24) is 4.90 Å². The SMILES string of the molecule is O=CC1CN1C(c1ccccc1)(c1ccccc1)c1ccccc1. The van der Waals surface area contributed by atoms with Gasteiger partial charge in [0, 0.05) is 6.54 Å². The lowest BCUT2D eigenvalue weighted by atomic mass is 9.76. The van der Waals surface area contributed by atoms with Gasteiger partial charge in [0.25, 0.3) is 0 Å². The summed E-state index contributed by atoms with van der Waals surface area (Å²) in [4.78, 5) is 13.8. The van der Waals surface area contributed by atoms with Gasteiger partial charge in [0.1, 0.15) is 6.29 Å². The van der Waals surface area contributed by atoms with Gasteiger partial charge >= 0.3 is 0 Å². The van der Waals surface area contributed by atoms with Crippen LogP contribution in [0.2, 0.25) is 0 Å². The van der Waals surface area contributed by atoms with Crippen molar-refractivity contribution in [3.63, 3.8) is 0 Å². The third-order valence-electron chi connectivity index (χ3n) is 4.81. The first-order valence-corrected chi connectivity index (χ1v) is 8.26. The first-order chi connectivity index (χ1) is 11.9. The highest BCUT2D eigenvalue weighted by Gasteiger charge is 2.52. The predicted molar refractivity (Wildman–Crippen MR) is 95.8 cm³/mol. The summed E-state index contributed by atoms with van der Waals surface area (Å²) in [5.74, 6) is 0. The molecule has 1 aliphatic rings. The maximum absolute atomic E-state index is 11.5. The Morgan fingerprint density at radius 2 is 1.08 bits per heavy atom. The molecule has 1 aliphatic heterocycles. The molecule has 0 radical (unpaired) electrons. The number of hydrogen-bond donors (Lipinski definition) is 0. The number of rotatable bonds is 5. The molecule has 0 aliphatic carbocycles. The number of carbonyl (C=O) groups excluding carboxylic acids is 1. The lowest BCUT2D eigenvalue weighted by Crippen LogP contribution is -2.39. The van der Waals surface area contributed by atoms with Gasteiger partial charge < -0.3 is 4.79 Å². The summed E-state index contributed by atoms with van der Waals surface area (Å²) in [5.41, 5.74) is 3.13. The smallest absolute Gasteiger partial charge is 0.138 e. The molecule has 2 atom stereocenters. The fourth-order valence-corrected chi connectivity index (χ4v) is 3.69. The Bertz CT molecular complexity index is 718. The van der Waals surface area contributed by atoms with Crippen LogP contribution in [-0.4, -0.2) is 23.8 Å². The first-order valence-electron chi connectivity index (χ1n) is 8.26. The van der Waals surface area contributed by atoms with E-state index in [-0.39, 0.29) is 6.04 Å². The maximum Gasteiger partial charge on any atom is 0.138 e. The van der Waals surface area contributed by atoms with Crippen LogP contribution in [0, 0.1) is 0 Å². The molecule has 1 saturated heterocycles. The largest absolute Gasteiger partial charge is 0.302 e. The molecule has 3 aromatic carbocycles. The van der Waals surface area contributed by atoms with Crippen LogP contribution in [0.5, 0.6) is 0 Å². The van der Waals surface area contributed by atoms with Gasteiger partial charge in [0.2, 0.25) is 0 Å². The number of carbonyl (C=O) groups is 1. The van der Waals surface area contributed by atoms with Gasteiger partial charge in [-0.3, -0.25) is 4.90 Å². The molecule has 24 heavy (non-hydrogen) atoms. The summed E-state index contributed by atoms with van der Waals surface area (Å²) in [6.45, 7) is 0.780. The normalized spacial score (nSPS) is 19.7. The zero-order valence-electron chi connectivity index (χ0n) is 13.4. The summed E-state index contributed by atoms with van der Waals surface area (Å²) in [7, 11) is 0. The average molecular weight is 313 g/mol. The van der Waals surface area contributed by atoms with Gasteiger partial charge in [-0.15, -0.1) is 0 Å². The Balaban J connectivity index is 2.02. The molecular formula is C22H19NO. The lowest BCUT2D eigenvalue weighted by molar-refractivity contribution is -0.108. The molecule has 0 bridgehead atoms. The third-order valence-corrected chi connectivity index (χ3v) is 4.81. The predicted octanol–water partition coefficient (Wildman–Crippen LogP) is 3.86. The summed E-state index contributed by atoms with van der Waals surface area (Å²) < 4.78 is 0. The number of hydrogen-bond acceptors (Lipinski definition) is 2. The molecule has 1 fully saturated rings. The van der Waals surface area contributed by atoms with E-state index in [1.165, 1.54) is 16.7 Å². The maximum atomic E-state index is 11.5. The Morgan fingerprint density at radius 3 is 1.38 bits per heavy atom. The van der Waals surface area contributed by atoms with E-state index < -0.39 is 5.54 Å². The van der Waals surface area contributed by atoms with Crippen molar-refractivity contribution in [1.29, 1.82) is 0 Å². The van der Waals surface area contributed by atoms with E-state index >= 15 is 0 Å². The molecule has 0 spiro atoms. The van der Waals surface area contributed by atoms with Crippen LogP contribution in [0.3, 0.4) is 0 Å². The molecule has 1 heterocycles. The zero-order valence-corrected chi connectivity index (χ0v) is 13.4. The highest BCUT2D eigenvalue weighted by Crippen LogP contribution is 2.47. The molecule has 4 rings (SSSR count). The van der Waals surface area contributed by atoms with E-state index in [0.29, 0.717) is 0 Å². The number of benzene rings is 3. The van der Waals surface area contributed by atoms with E-state index in [1.54, 1.807) is 0 Å². The molecule has 0 N–H and O–H groups in total. The van der Waals surface area contributed by atoms with Crippen LogP contribution < -0.4 is 0 Å². The second kappa shape index (κ2) is 6.06. The topological polar surface area (TPSA) is 20.1 Å². The van der Waals surface area contributed by atoms with Crippen LogP contribution in [0.25, 0.3) is 0 Å². The zero-order chi connectivity index (χ0) is 16.4. The molecule has 118 valence electrons. The van der Waals surface area contributed by atoms with E-state index in [0.717, 1.165) is 12.8 Å². The van der Waals surface area contributed by atoms with E-state index in [2.05, 4.69) is 77.7 Å². The molecule has 2 nitrogen and oxygen atoms in total. The molecule has 0 aromatic heterocycles. The summed E-state index contributed by atoms with van der Waals surface area (Å²) in [6.07, 6.45) is 1.06. The fourth-order valence-electron chi connectivity index (χ4n) is 3.69. The third kappa shape index (κ3) is 2.27. The van der Waals surface area contributed by atoms with E-state index in [9.17, 15) is 4.79 Å². The van der Waals surface area contributed by atoms with Gasteiger partial charge in [-0.25, -0.2) is 0 Å². The standard InChI is InChI=1S/C22H19NO/c24-17-21-16-23(21)22(18-10-4-1-5-11-18,19-12-6-2-7-13-19)20-14-8-3-9-15-20/h1-15,17,21H,16H2. The molecule has 0 saturated carbocycles. The monoisotopic (exact) mass is 313 g/mol. The van der Waals surface area contributed by atoms with Gasteiger partial charge in [-0.1, -0.05) is 91.0 Å². The van der Waals surface area contributed by atoms with Gasteiger partial charge in [-0.05, 0) is 16.7 Å². The highest BCUT2D eigenvalue weighted by atomic mass is 16.1. The van der Waals surface area contributed by atoms with Crippen LogP contribution in [0.15, 0.2) is 91.0 Å². The Labute approximate surface area is 142 Å². The molecule has 0 amide bonds. The van der Waals surface area contributed by atoms with Crippen molar-refractivity contribution in [2.45, 2.75) is 11.6 Å². The average Bonchev–Trinajstić information content (AvgIpc) is 3.45. The highest BCUT2D eigenvalue weighted by molar-refractivity contribution is 5.65. The van der Waals surface area contributed by atoms with Crippen molar-refractivity contribution >= 4 is 6.29 Å². The van der Waals surface area contributed by atoms with Crippen molar-refractivity contribution in [3.8, 4) is 0 Å². The quantitative estimate of drug-likeness (QED) is 0.405. The van der Waals surface area contributed by atoms with Crippen molar-refractivity contribution in [3.05, 3.63) is 108 Å². The molecule has 3 aromatic rings. The second-order valence-electron chi connectivity index (χ2n) is 6.16. The van der Waals surface area contributed by atoms with Crippen molar-refractivity contribution in [2.75, 3.05) is 6.54 Å². The molecular weight excluding hydrogens is 294 g/mol. The molecule has 2 unspecified atom stereocenters. The minimum absolute atomic E-state index is 0.0365. The Kier molecular flexibility index (Phi) is 3.75. The number of nitrogens with zero attached hydrogens (tertiary/aromatic N) is 1. The Hall–Kier alpha value is -2.71. The van der Waals surface area contributed by atoms with Crippen LogP contribution in [0.1, 0.15) is 16.7 Å². The number of aldehydes is 1.